The first-order valence-electron chi connectivity index (χ1n) is 17.4. The first-order chi connectivity index (χ1) is 20.9. The van der Waals surface area contributed by atoms with Crippen LogP contribution in [-0.4, -0.2) is 56.6 Å². The normalized spacial score (nSPS) is 12.4. The average molecular weight is 645 g/mol. The molecule has 0 aliphatic rings. The molecule has 0 atom stereocenters. The predicted molar refractivity (Wildman–Crippen MR) is 178 cm³/mol. The third-order valence-corrected chi connectivity index (χ3v) is 7.43. The average Bonchev–Trinajstić information content (AvgIpc) is 2.86. The minimum atomic E-state index is -1.03. The van der Waals surface area contributed by atoms with Crippen LogP contribution in [0.2, 0.25) is 0 Å². The van der Waals surface area contributed by atoms with Crippen LogP contribution in [0.15, 0.2) is 0 Å². The van der Waals surface area contributed by atoms with Crippen LogP contribution in [-0.2, 0) is 28.4 Å². The SMILES string of the molecule is CCC(COC(=O)OC(CC(C)C)CC(C)C)(COC(=O)OC(CC(C)C)CC(C)C)COC(=O)OC(CC(C)C)CC(C)C. The van der Waals surface area contributed by atoms with Gasteiger partial charge in [0.1, 0.15) is 38.1 Å². The van der Waals surface area contributed by atoms with E-state index in [2.05, 4.69) is 83.1 Å². The number of rotatable bonds is 22. The molecule has 0 saturated carbocycles. The lowest BCUT2D eigenvalue weighted by molar-refractivity contribution is -0.0714. The zero-order valence-electron chi connectivity index (χ0n) is 30.9. The van der Waals surface area contributed by atoms with Crippen LogP contribution in [0.4, 0.5) is 14.4 Å². The first-order valence-corrected chi connectivity index (χ1v) is 17.4. The molecule has 0 aliphatic heterocycles. The fourth-order valence-electron chi connectivity index (χ4n) is 5.31. The number of ether oxygens (including phenoxy) is 6. The molecular formula is C36H68O9. The number of carbonyl (C=O) groups excluding carboxylic acids is 3. The summed E-state index contributed by atoms with van der Waals surface area (Å²) in [6, 6.07) is 0. The molecule has 0 aromatic rings. The van der Waals surface area contributed by atoms with Gasteiger partial charge in [0.25, 0.3) is 0 Å². The molecule has 0 heterocycles. The molecule has 0 N–H and O–H groups in total. The lowest BCUT2D eigenvalue weighted by atomic mass is 9.88. The van der Waals surface area contributed by atoms with Gasteiger partial charge in [0.15, 0.2) is 0 Å². The minimum Gasteiger partial charge on any atom is -0.433 e. The van der Waals surface area contributed by atoms with Crippen molar-refractivity contribution < 1.29 is 42.8 Å². The maximum atomic E-state index is 12.8. The van der Waals surface area contributed by atoms with Crippen molar-refractivity contribution in [2.75, 3.05) is 19.8 Å². The number of hydrogen-bond acceptors (Lipinski definition) is 9. The Morgan fingerprint density at radius 3 is 0.778 bits per heavy atom. The van der Waals surface area contributed by atoms with Crippen molar-refractivity contribution in [2.24, 2.45) is 40.9 Å². The molecule has 0 aromatic carbocycles. The minimum absolute atomic E-state index is 0.179. The van der Waals surface area contributed by atoms with Crippen LogP contribution in [0.5, 0.6) is 0 Å². The van der Waals surface area contributed by atoms with E-state index in [1.807, 2.05) is 6.92 Å². The highest BCUT2D eigenvalue weighted by Crippen LogP contribution is 2.27. The summed E-state index contributed by atoms with van der Waals surface area (Å²) in [5.74, 6) is 2.09. The Morgan fingerprint density at radius 1 is 0.422 bits per heavy atom. The van der Waals surface area contributed by atoms with E-state index < -0.39 is 23.9 Å². The standard InChI is InChI=1S/C36H68O9/c1-14-36(21-40-33(37)43-30(15-24(2)3)16-25(4)5,22-41-34(38)44-31(17-26(6)7)18-27(8)9)23-42-35(39)45-32(19-28(10)11)20-29(12)13/h24-32H,14-23H2,1-13H3. The Balaban J connectivity index is 5.74. The van der Waals surface area contributed by atoms with Gasteiger partial charge in [-0.15, -0.1) is 0 Å². The predicted octanol–water partition coefficient (Wildman–Crippen LogP) is 10.2. The maximum Gasteiger partial charge on any atom is 0.508 e. The Labute approximate surface area is 275 Å². The zero-order chi connectivity index (χ0) is 34.7. The van der Waals surface area contributed by atoms with Crippen LogP contribution >= 0.6 is 0 Å². The summed E-state index contributed by atoms with van der Waals surface area (Å²) in [7, 11) is 0. The summed E-state index contributed by atoms with van der Waals surface area (Å²) in [5, 5.41) is 0. The van der Waals surface area contributed by atoms with Crippen molar-refractivity contribution in [1.29, 1.82) is 0 Å². The highest BCUT2D eigenvalue weighted by molar-refractivity contribution is 5.61. The van der Waals surface area contributed by atoms with Crippen molar-refractivity contribution in [3.8, 4) is 0 Å². The molecule has 0 saturated heterocycles. The van der Waals surface area contributed by atoms with E-state index in [1.54, 1.807) is 0 Å². The van der Waals surface area contributed by atoms with E-state index >= 15 is 0 Å². The zero-order valence-corrected chi connectivity index (χ0v) is 30.9. The number of carbonyl (C=O) groups is 3. The van der Waals surface area contributed by atoms with Gasteiger partial charge in [0.2, 0.25) is 0 Å². The summed E-state index contributed by atoms with van der Waals surface area (Å²) in [6.07, 6.45) is 1.48. The van der Waals surface area contributed by atoms with Gasteiger partial charge in [0.05, 0.1) is 5.41 Å². The third kappa shape index (κ3) is 22.1. The lowest BCUT2D eigenvalue weighted by Gasteiger charge is -2.31. The van der Waals surface area contributed by atoms with E-state index in [4.69, 9.17) is 28.4 Å². The smallest absolute Gasteiger partial charge is 0.433 e. The van der Waals surface area contributed by atoms with Crippen molar-refractivity contribution >= 4 is 18.5 Å². The summed E-state index contributed by atoms with van der Waals surface area (Å²) in [5.41, 5.74) is -1.03. The van der Waals surface area contributed by atoms with Gasteiger partial charge < -0.3 is 28.4 Å². The van der Waals surface area contributed by atoms with Crippen LogP contribution in [0.25, 0.3) is 0 Å². The molecular weight excluding hydrogens is 576 g/mol. The van der Waals surface area contributed by atoms with Gasteiger partial charge in [0, 0.05) is 0 Å². The second kappa shape index (κ2) is 22.4. The van der Waals surface area contributed by atoms with E-state index in [0.717, 1.165) is 38.5 Å². The molecule has 0 fully saturated rings. The Kier molecular flexibility index (Phi) is 21.3. The molecule has 0 aromatic heterocycles. The largest absolute Gasteiger partial charge is 0.508 e. The third-order valence-electron chi connectivity index (χ3n) is 7.43. The topological polar surface area (TPSA) is 107 Å². The van der Waals surface area contributed by atoms with E-state index in [0.29, 0.717) is 41.9 Å². The van der Waals surface area contributed by atoms with Gasteiger partial charge >= 0.3 is 18.5 Å². The molecule has 0 aliphatic carbocycles. The molecule has 9 heteroatoms. The monoisotopic (exact) mass is 644 g/mol. The summed E-state index contributed by atoms with van der Waals surface area (Å²) in [6.45, 7) is 26.3. The van der Waals surface area contributed by atoms with Crippen LogP contribution in [0.1, 0.15) is 135 Å². The molecule has 266 valence electrons. The second-order valence-corrected chi connectivity index (χ2v) is 15.5. The highest BCUT2D eigenvalue weighted by atomic mass is 16.7. The Morgan fingerprint density at radius 2 is 0.622 bits per heavy atom. The van der Waals surface area contributed by atoms with E-state index in [9.17, 15) is 14.4 Å². The molecule has 0 radical (unpaired) electrons. The molecule has 0 unspecified atom stereocenters. The van der Waals surface area contributed by atoms with Crippen LogP contribution in [0.3, 0.4) is 0 Å². The van der Waals surface area contributed by atoms with Crippen LogP contribution < -0.4 is 0 Å². The van der Waals surface area contributed by atoms with Crippen molar-refractivity contribution in [1.82, 2.24) is 0 Å². The van der Waals surface area contributed by atoms with Crippen LogP contribution in [0, 0.1) is 40.9 Å². The van der Waals surface area contributed by atoms with Gasteiger partial charge in [-0.25, -0.2) is 14.4 Å². The Bertz CT molecular complexity index is 687. The van der Waals surface area contributed by atoms with Crippen molar-refractivity contribution in [3.63, 3.8) is 0 Å². The first kappa shape index (κ1) is 42.8. The van der Waals surface area contributed by atoms with Gasteiger partial charge in [-0.3, -0.25) is 0 Å². The molecule has 9 nitrogen and oxygen atoms in total. The van der Waals surface area contributed by atoms with Gasteiger partial charge in [-0.2, -0.15) is 0 Å². The molecule has 0 amide bonds. The van der Waals surface area contributed by atoms with E-state index in [1.165, 1.54) is 0 Å². The fraction of sp³-hybridized carbons (Fsp3) is 0.917. The van der Waals surface area contributed by atoms with Crippen molar-refractivity contribution in [3.05, 3.63) is 0 Å². The van der Waals surface area contributed by atoms with Gasteiger partial charge in [-0.1, -0.05) is 90.0 Å². The molecule has 45 heavy (non-hydrogen) atoms. The summed E-state index contributed by atoms with van der Waals surface area (Å²) >= 11 is 0. The molecule has 0 rings (SSSR count). The second-order valence-electron chi connectivity index (χ2n) is 15.5. The lowest BCUT2D eigenvalue weighted by Crippen LogP contribution is -2.40. The van der Waals surface area contributed by atoms with Crippen molar-refractivity contribution in [2.45, 2.75) is 153 Å². The Hall–Kier alpha value is -2.19. The summed E-state index contributed by atoms with van der Waals surface area (Å²) < 4.78 is 33.9. The highest BCUT2D eigenvalue weighted by Gasteiger charge is 2.36. The van der Waals surface area contributed by atoms with Gasteiger partial charge in [-0.05, 0) is 80.5 Å². The van der Waals surface area contributed by atoms with E-state index in [-0.39, 0.29) is 38.1 Å². The number of hydrogen-bond donors (Lipinski definition) is 0. The summed E-state index contributed by atoms with van der Waals surface area (Å²) in [4.78, 5) is 38.5. The quantitative estimate of drug-likeness (QED) is 0.0840. The molecule has 0 spiro atoms. The maximum absolute atomic E-state index is 12.8. The molecule has 0 bridgehead atoms. The fourth-order valence-corrected chi connectivity index (χ4v) is 5.31.